The molecule has 0 radical (unpaired) electrons. The number of hydrogen-bond donors (Lipinski definition) is 1. The van der Waals surface area contributed by atoms with E-state index in [9.17, 15) is 4.79 Å². The number of aryl methyl sites for hydroxylation is 3. The van der Waals surface area contributed by atoms with E-state index in [1.165, 1.54) is 29.7 Å². The van der Waals surface area contributed by atoms with Crippen molar-refractivity contribution < 1.29 is 4.79 Å². The Morgan fingerprint density at radius 1 is 1.33 bits per heavy atom. The Labute approximate surface area is 146 Å². The van der Waals surface area contributed by atoms with Crippen LogP contribution < -0.4 is 5.32 Å². The van der Waals surface area contributed by atoms with E-state index in [0.29, 0.717) is 0 Å². The molecule has 1 fully saturated rings. The molecule has 0 spiro atoms. The average molecular weight is 344 g/mol. The van der Waals surface area contributed by atoms with Gasteiger partial charge in [0.25, 0.3) is 5.91 Å². The first kappa shape index (κ1) is 15.8. The van der Waals surface area contributed by atoms with Crippen molar-refractivity contribution in [1.29, 1.82) is 0 Å². The lowest BCUT2D eigenvalue weighted by Crippen LogP contribution is -2.49. The summed E-state index contributed by atoms with van der Waals surface area (Å²) >= 11 is 1.72. The molecule has 2 aliphatic rings. The standard InChI is InChI=1S/C18H24N4OS/c1-21-9-8-20-17(21)14-12-19-7-10-22(14)18(23)16-11-13-5-3-2-4-6-15(13)24-16/h8-9,11,14,19H,2-7,10,12H2,1H3. The van der Waals surface area contributed by atoms with Crippen molar-refractivity contribution in [2.45, 2.75) is 38.1 Å². The number of carbonyl (C=O) groups is 1. The van der Waals surface area contributed by atoms with Crippen molar-refractivity contribution in [2.75, 3.05) is 19.6 Å². The topological polar surface area (TPSA) is 50.2 Å². The average Bonchev–Trinajstić information content (AvgIpc) is 3.15. The molecule has 0 saturated carbocycles. The number of nitrogens with zero attached hydrogens (tertiary/aromatic N) is 3. The number of thiophene rings is 1. The Morgan fingerprint density at radius 2 is 2.21 bits per heavy atom. The summed E-state index contributed by atoms with van der Waals surface area (Å²) in [5.41, 5.74) is 1.41. The highest BCUT2D eigenvalue weighted by Gasteiger charge is 2.32. The summed E-state index contributed by atoms with van der Waals surface area (Å²) in [5, 5.41) is 3.40. The first-order valence-corrected chi connectivity index (χ1v) is 9.66. The molecule has 128 valence electrons. The van der Waals surface area contributed by atoms with Crippen LogP contribution in [-0.2, 0) is 19.9 Å². The molecule has 2 aromatic rings. The summed E-state index contributed by atoms with van der Waals surface area (Å²) in [6.45, 7) is 2.35. The van der Waals surface area contributed by atoms with E-state index in [1.807, 2.05) is 22.7 Å². The van der Waals surface area contributed by atoms with Crippen LogP contribution in [0.2, 0.25) is 0 Å². The first-order valence-electron chi connectivity index (χ1n) is 8.84. The van der Waals surface area contributed by atoms with Gasteiger partial charge >= 0.3 is 0 Å². The predicted octanol–water partition coefficient (Wildman–Crippen LogP) is 2.54. The van der Waals surface area contributed by atoms with Crippen LogP contribution in [0.15, 0.2) is 18.5 Å². The van der Waals surface area contributed by atoms with Crippen molar-refractivity contribution in [3.8, 4) is 0 Å². The van der Waals surface area contributed by atoms with Crippen LogP contribution in [0.4, 0.5) is 0 Å². The molecular formula is C18H24N4OS. The Hall–Kier alpha value is -1.66. The van der Waals surface area contributed by atoms with Crippen molar-refractivity contribution in [1.82, 2.24) is 19.8 Å². The minimum Gasteiger partial charge on any atom is -0.336 e. The molecule has 5 nitrogen and oxygen atoms in total. The SMILES string of the molecule is Cn1ccnc1C1CNCCN1C(=O)c1cc2c(s1)CCCCC2. The second-order valence-corrected chi connectivity index (χ2v) is 7.87. The number of rotatable bonds is 2. The molecule has 6 heteroatoms. The lowest BCUT2D eigenvalue weighted by Gasteiger charge is -2.35. The number of aromatic nitrogens is 2. The van der Waals surface area contributed by atoms with Crippen LogP contribution in [0.25, 0.3) is 0 Å². The van der Waals surface area contributed by atoms with Gasteiger partial charge < -0.3 is 14.8 Å². The number of hydrogen-bond acceptors (Lipinski definition) is 4. The van der Waals surface area contributed by atoms with E-state index < -0.39 is 0 Å². The molecule has 4 rings (SSSR count). The summed E-state index contributed by atoms with van der Waals surface area (Å²) < 4.78 is 2.02. The van der Waals surface area contributed by atoms with Crippen LogP contribution in [0, 0.1) is 0 Å². The van der Waals surface area contributed by atoms with Crippen LogP contribution in [-0.4, -0.2) is 40.0 Å². The van der Waals surface area contributed by atoms with Gasteiger partial charge in [-0.05, 0) is 37.3 Å². The summed E-state index contributed by atoms with van der Waals surface area (Å²) in [5.74, 6) is 1.12. The molecule has 1 N–H and O–H groups in total. The zero-order valence-electron chi connectivity index (χ0n) is 14.1. The summed E-state index contributed by atoms with van der Waals surface area (Å²) in [6.07, 6.45) is 9.83. The minimum absolute atomic E-state index is 0.00755. The van der Waals surface area contributed by atoms with Crippen molar-refractivity contribution in [2.24, 2.45) is 7.05 Å². The molecule has 24 heavy (non-hydrogen) atoms. The fourth-order valence-corrected chi connectivity index (χ4v) is 5.00. The Morgan fingerprint density at radius 3 is 3.04 bits per heavy atom. The molecular weight excluding hydrogens is 320 g/mol. The lowest BCUT2D eigenvalue weighted by atomic mass is 10.1. The molecule has 0 aromatic carbocycles. The zero-order valence-corrected chi connectivity index (χ0v) is 14.9. The summed E-state index contributed by atoms with van der Waals surface area (Å²) in [4.78, 5) is 22.0. The maximum Gasteiger partial charge on any atom is 0.264 e. The number of carbonyl (C=O) groups excluding carboxylic acids is 1. The van der Waals surface area contributed by atoms with E-state index in [0.717, 1.165) is 43.2 Å². The third-order valence-electron chi connectivity index (χ3n) is 5.12. The van der Waals surface area contributed by atoms with Crippen LogP contribution in [0.1, 0.15) is 51.2 Å². The third kappa shape index (κ3) is 2.89. The fourth-order valence-electron chi connectivity index (χ4n) is 3.79. The minimum atomic E-state index is 0.00755. The number of imidazole rings is 1. The summed E-state index contributed by atoms with van der Waals surface area (Å²) in [7, 11) is 1.99. The predicted molar refractivity (Wildman–Crippen MR) is 95.4 cm³/mol. The molecule has 1 atom stereocenters. The van der Waals surface area contributed by atoms with E-state index >= 15 is 0 Å². The summed E-state index contributed by atoms with van der Waals surface area (Å²) in [6, 6.07) is 2.17. The quantitative estimate of drug-likeness (QED) is 0.852. The van der Waals surface area contributed by atoms with E-state index in [4.69, 9.17) is 0 Å². The lowest BCUT2D eigenvalue weighted by molar-refractivity contribution is 0.0626. The van der Waals surface area contributed by atoms with Crippen LogP contribution in [0.3, 0.4) is 0 Å². The van der Waals surface area contributed by atoms with Crippen LogP contribution >= 0.6 is 11.3 Å². The molecule has 1 aliphatic heterocycles. The number of fused-ring (bicyclic) bond motifs is 1. The number of nitrogens with one attached hydrogen (secondary N) is 1. The van der Waals surface area contributed by atoms with E-state index in [2.05, 4.69) is 16.4 Å². The molecule has 1 amide bonds. The third-order valence-corrected chi connectivity index (χ3v) is 6.34. The van der Waals surface area contributed by atoms with Gasteiger partial charge in [0.2, 0.25) is 0 Å². The molecule has 1 saturated heterocycles. The van der Waals surface area contributed by atoms with Gasteiger partial charge in [0.15, 0.2) is 0 Å². The largest absolute Gasteiger partial charge is 0.336 e. The maximum atomic E-state index is 13.2. The highest BCUT2D eigenvalue weighted by molar-refractivity contribution is 7.14. The normalized spacial score (nSPS) is 21.4. The maximum absolute atomic E-state index is 13.2. The van der Waals surface area contributed by atoms with Gasteiger partial charge in [-0.2, -0.15) is 0 Å². The second-order valence-electron chi connectivity index (χ2n) is 6.73. The van der Waals surface area contributed by atoms with E-state index in [1.54, 1.807) is 17.5 Å². The monoisotopic (exact) mass is 344 g/mol. The number of piperazine rings is 1. The van der Waals surface area contributed by atoms with Gasteiger partial charge in [-0.25, -0.2) is 4.98 Å². The smallest absolute Gasteiger partial charge is 0.264 e. The van der Waals surface area contributed by atoms with Crippen molar-refractivity contribution >= 4 is 17.2 Å². The van der Waals surface area contributed by atoms with Gasteiger partial charge in [0, 0.05) is 44.0 Å². The van der Waals surface area contributed by atoms with Gasteiger partial charge in [0.1, 0.15) is 11.9 Å². The Balaban J connectivity index is 1.61. The van der Waals surface area contributed by atoms with Gasteiger partial charge in [0.05, 0.1) is 4.88 Å². The van der Waals surface area contributed by atoms with Crippen LogP contribution in [0.5, 0.6) is 0 Å². The fraction of sp³-hybridized carbons (Fsp3) is 0.556. The van der Waals surface area contributed by atoms with E-state index in [-0.39, 0.29) is 11.9 Å². The highest BCUT2D eigenvalue weighted by Crippen LogP contribution is 2.31. The van der Waals surface area contributed by atoms with Gasteiger partial charge in [-0.3, -0.25) is 4.79 Å². The van der Waals surface area contributed by atoms with Gasteiger partial charge in [-0.15, -0.1) is 11.3 Å². The Kier molecular flexibility index (Phi) is 4.41. The zero-order chi connectivity index (χ0) is 16.5. The van der Waals surface area contributed by atoms with Crippen molar-refractivity contribution in [3.05, 3.63) is 39.6 Å². The molecule has 3 heterocycles. The highest BCUT2D eigenvalue weighted by atomic mass is 32.1. The molecule has 1 unspecified atom stereocenters. The molecule has 2 aromatic heterocycles. The second kappa shape index (κ2) is 6.69. The molecule has 1 aliphatic carbocycles. The first-order chi connectivity index (χ1) is 11.7. The van der Waals surface area contributed by atoms with Gasteiger partial charge in [-0.1, -0.05) is 6.42 Å². The number of amides is 1. The van der Waals surface area contributed by atoms with Crippen molar-refractivity contribution in [3.63, 3.8) is 0 Å². The molecule has 0 bridgehead atoms. The Bertz CT molecular complexity index is 712.